The van der Waals surface area contributed by atoms with Gasteiger partial charge >= 0.3 is 0 Å². The Balaban J connectivity index is 0.00000361. The second kappa shape index (κ2) is 11.7. The Morgan fingerprint density at radius 2 is 2.10 bits per heavy atom. The molecular formula is C13H22IN3O3. The fourth-order valence-corrected chi connectivity index (χ4v) is 1.46. The molecule has 0 aliphatic carbocycles. The van der Waals surface area contributed by atoms with E-state index in [1.165, 1.54) is 0 Å². The van der Waals surface area contributed by atoms with E-state index in [9.17, 15) is 0 Å². The van der Waals surface area contributed by atoms with E-state index in [1.54, 1.807) is 7.11 Å². The average molecular weight is 395 g/mol. The molecule has 1 aromatic rings. The SMILES string of the molecule is COc1ccccc1NC(N)=NCCCOCCO.I. The molecule has 1 rings (SSSR count). The molecule has 0 saturated carbocycles. The van der Waals surface area contributed by atoms with Crippen LogP contribution in [0.1, 0.15) is 6.42 Å². The zero-order valence-corrected chi connectivity index (χ0v) is 13.9. The Hall–Kier alpha value is -1.06. The van der Waals surface area contributed by atoms with E-state index in [1.807, 2.05) is 24.3 Å². The van der Waals surface area contributed by atoms with Crippen molar-refractivity contribution in [1.29, 1.82) is 0 Å². The maximum absolute atomic E-state index is 8.53. The Morgan fingerprint density at radius 3 is 2.80 bits per heavy atom. The van der Waals surface area contributed by atoms with Crippen LogP contribution in [0.15, 0.2) is 29.3 Å². The van der Waals surface area contributed by atoms with Gasteiger partial charge in [-0.3, -0.25) is 4.99 Å². The van der Waals surface area contributed by atoms with Gasteiger partial charge in [0.15, 0.2) is 5.96 Å². The highest BCUT2D eigenvalue weighted by atomic mass is 127. The molecule has 0 aliphatic heterocycles. The number of hydrogen-bond acceptors (Lipinski definition) is 4. The summed E-state index contributed by atoms with van der Waals surface area (Å²) in [7, 11) is 1.60. The molecule has 6 nitrogen and oxygen atoms in total. The van der Waals surface area contributed by atoms with Crippen LogP contribution in [-0.2, 0) is 4.74 Å². The molecule has 0 aliphatic rings. The lowest BCUT2D eigenvalue weighted by atomic mass is 10.3. The van der Waals surface area contributed by atoms with Crippen LogP contribution in [0.3, 0.4) is 0 Å². The minimum atomic E-state index is 0. The molecule has 7 heteroatoms. The minimum Gasteiger partial charge on any atom is -0.495 e. The Morgan fingerprint density at radius 1 is 1.35 bits per heavy atom. The topological polar surface area (TPSA) is 89.1 Å². The number of methoxy groups -OCH3 is 1. The number of ether oxygens (including phenoxy) is 2. The van der Waals surface area contributed by atoms with Crippen molar-refractivity contribution in [1.82, 2.24) is 0 Å². The number of benzene rings is 1. The van der Waals surface area contributed by atoms with Gasteiger partial charge in [0, 0.05) is 13.2 Å². The van der Waals surface area contributed by atoms with Crippen LogP contribution in [0, 0.1) is 0 Å². The van der Waals surface area contributed by atoms with E-state index >= 15 is 0 Å². The maximum Gasteiger partial charge on any atom is 0.193 e. The van der Waals surface area contributed by atoms with Gasteiger partial charge in [0.05, 0.1) is 26.0 Å². The van der Waals surface area contributed by atoms with Gasteiger partial charge in [-0.05, 0) is 18.6 Å². The molecule has 114 valence electrons. The summed E-state index contributed by atoms with van der Waals surface area (Å²) in [5, 5.41) is 11.5. The first-order valence-electron chi connectivity index (χ1n) is 6.16. The van der Waals surface area contributed by atoms with Crippen LogP contribution in [0.2, 0.25) is 0 Å². The van der Waals surface area contributed by atoms with Crippen LogP contribution in [-0.4, -0.2) is 44.5 Å². The summed E-state index contributed by atoms with van der Waals surface area (Å²) in [4.78, 5) is 4.18. The predicted octanol–water partition coefficient (Wildman–Crippen LogP) is 1.44. The number of halogens is 1. The van der Waals surface area contributed by atoms with Crippen molar-refractivity contribution in [3.8, 4) is 5.75 Å². The summed E-state index contributed by atoms with van der Waals surface area (Å²) >= 11 is 0. The third-order valence-electron chi connectivity index (χ3n) is 2.33. The van der Waals surface area contributed by atoms with Crippen molar-refractivity contribution in [2.24, 2.45) is 10.7 Å². The number of aliphatic hydroxyl groups excluding tert-OH is 1. The molecule has 0 atom stereocenters. The summed E-state index contributed by atoms with van der Waals surface area (Å²) in [6, 6.07) is 7.49. The van der Waals surface area contributed by atoms with Crippen LogP contribution in [0.25, 0.3) is 0 Å². The fraction of sp³-hybridized carbons (Fsp3) is 0.462. The molecule has 0 heterocycles. The number of anilines is 1. The van der Waals surface area contributed by atoms with Crippen molar-refractivity contribution >= 4 is 35.6 Å². The third-order valence-corrected chi connectivity index (χ3v) is 2.33. The molecule has 4 N–H and O–H groups in total. The maximum atomic E-state index is 8.53. The predicted molar refractivity (Wildman–Crippen MR) is 91.0 cm³/mol. The van der Waals surface area contributed by atoms with Gasteiger partial charge in [-0.2, -0.15) is 0 Å². The van der Waals surface area contributed by atoms with E-state index in [0.717, 1.165) is 12.1 Å². The lowest BCUT2D eigenvalue weighted by Crippen LogP contribution is -2.23. The molecule has 1 aromatic carbocycles. The fourth-order valence-electron chi connectivity index (χ4n) is 1.46. The van der Waals surface area contributed by atoms with Crippen molar-refractivity contribution in [3.63, 3.8) is 0 Å². The molecule has 0 bridgehead atoms. The van der Waals surface area contributed by atoms with Gasteiger partial charge in [0.1, 0.15) is 5.75 Å². The summed E-state index contributed by atoms with van der Waals surface area (Å²) in [6.07, 6.45) is 0.758. The second-order valence-corrected chi connectivity index (χ2v) is 3.78. The zero-order valence-electron chi connectivity index (χ0n) is 11.5. The van der Waals surface area contributed by atoms with Crippen molar-refractivity contribution in [2.45, 2.75) is 6.42 Å². The number of aliphatic hydroxyl groups is 1. The number of aliphatic imine (C=N–C) groups is 1. The van der Waals surface area contributed by atoms with Crippen molar-refractivity contribution in [2.75, 3.05) is 38.8 Å². The summed E-state index contributed by atoms with van der Waals surface area (Å²) in [5.74, 6) is 1.05. The van der Waals surface area contributed by atoms with E-state index in [2.05, 4.69) is 10.3 Å². The van der Waals surface area contributed by atoms with E-state index in [0.29, 0.717) is 31.5 Å². The van der Waals surface area contributed by atoms with Gasteiger partial charge in [-0.15, -0.1) is 24.0 Å². The molecule has 0 spiro atoms. The smallest absolute Gasteiger partial charge is 0.193 e. The Bertz CT molecular complexity index is 402. The molecule has 0 fully saturated rings. The second-order valence-electron chi connectivity index (χ2n) is 3.78. The largest absolute Gasteiger partial charge is 0.495 e. The monoisotopic (exact) mass is 395 g/mol. The lowest BCUT2D eigenvalue weighted by Gasteiger charge is -2.10. The molecule has 0 aromatic heterocycles. The average Bonchev–Trinajstić information content (AvgIpc) is 2.43. The quantitative estimate of drug-likeness (QED) is 0.268. The number of guanidine groups is 1. The Kier molecular flexibility index (Phi) is 11.1. The summed E-state index contributed by atoms with van der Waals surface area (Å²) < 4.78 is 10.3. The first-order valence-corrected chi connectivity index (χ1v) is 6.16. The first-order chi connectivity index (χ1) is 9.27. The van der Waals surface area contributed by atoms with Crippen LogP contribution < -0.4 is 15.8 Å². The first kappa shape index (κ1) is 18.9. The number of hydrogen-bond donors (Lipinski definition) is 3. The van der Waals surface area contributed by atoms with Crippen LogP contribution in [0.5, 0.6) is 5.75 Å². The highest BCUT2D eigenvalue weighted by Gasteiger charge is 2.01. The van der Waals surface area contributed by atoms with Gasteiger partial charge in [-0.25, -0.2) is 0 Å². The Labute approximate surface area is 136 Å². The standard InChI is InChI=1S/C13H21N3O3.HI/c1-18-12-6-3-2-5-11(12)16-13(14)15-7-4-9-19-10-8-17;/h2-3,5-6,17H,4,7-10H2,1H3,(H3,14,15,16);1H. The number of para-hydroxylation sites is 2. The van der Waals surface area contributed by atoms with Gasteiger partial charge in [0.25, 0.3) is 0 Å². The van der Waals surface area contributed by atoms with Gasteiger partial charge < -0.3 is 25.6 Å². The third kappa shape index (κ3) is 7.51. The molecule has 0 unspecified atom stereocenters. The minimum absolute atomic E-state index is 0. The zero-order chi connectivity index (χ0) is 13.9. The summed E-state index contributed by atoms with van der Waals surface area (Å²) in [6.45, 7) is 1.53. The molecule has 20 heavy (non-hydrogen) atoms. The van der Waals surface area contributed by atoms with Crippen LogP contribution >= 0.6 is 24.0 Å². The van der Waals surface area contributed by atoms with E-state index in [4.69, 9.17) is 20.3 Å². The number of rotatable bonds is 8. The van der Waals surface area contributed by atoms with Gasteiger partial charge in [-0.1, -0.05) is 12.1 Å². The normalized spacial score (nSPS) is 10.8. The number of nitrogens with zero attached hydrogens (tertiary/aromatic N) is 1. The number of nitrogens with two attached hydrogens (primary N) is 1. The van der Waals surface area contributed by atoms with Crippen molar-refractivity contribution in [3.05, 3.63) is 24.3 Å². The van der Waals surface area contributed by atoms with E-state index < -0.39 is 0 Å². The van der Waals surface area contributed by atoms with E-state index in [-0.39, 0.29) is 30.6 Å². The molecular weight excluding hydrogens is 373 g/mol. The molecule has 0 radical (unpaired) electrons. The number of nitrogens with one attached hydrogen (secondary N) is 1. The highest BCUT2D eigenvalue weighted by molar-refractivity contribution is 14.0. The van der Waals surface area contributed by atoms with Gasteiger partial charge in [0.2, 0.25) is 0 Å². The van der Waals surface area contributed by atoms with Crippen LogP contribution in [0.4, 0.5) is 5.69 Å². The molecule has 0 amide bonds. The highest BCUT2D eigenvalue weighted by Crippen LogP contribution is 2.22. The lowest BCUT2D eigenvalue weighted by molar-refractivity contribution is 0.0918. The summed E-state index contributed by atoms with van der Waals surface area (Å²) in [5.41, 5.74) is 6.55. The molecule has 0 saturated heterocycles. The van der Waals surface area contributed by atoms with Crippen molar-refractivity contribution < 1.29 is 14.6 Å².